The Morgan fingerprint density at radius 2 is 2.17 bits per heavy atom. The first kappa shape index (κ1) is 14.6. The Morgan fingerprint density at radius 3 is 3.00 bits per heavy atom. The molecule has 0 spiro atoms. The van der Waals surface area contributed by atoms with Crippen molar-refractivity contribution >= 4 is 21.4 Å². The molecule has 0 saturated carbocycles. The number of hydrogen-bond donors (Lipinski definition) is 1. The maximum absolute atomic E-state index is 5.23. The monoisotopic (exact) mass is 338 g/mol. The fourth-order valence-corrected chi connectivity index (χ4v) is 3.08. The van der Waals surface area contributed by atoms with Gasteiger partial charge in [-0.25, -0.2) is 9.50 Å². The SMILES string of the molecule is COc1cncc(-c2cnc3sc(NCc4cccnc4)nn23)c1. The summed E-state index contributed by atoms with van der Waals surface area (Å²) in [6.45, 7) is 0.667. The van der Waals surface area contributed by atoms with Gasteiger partial charge in [0.25, 0.3) is 0 Å². The highest BCUT2D eigenvalue weighted by atomic mass is 32.1. The molecule has 4 aromatic heterocycles. The minimum absolute atomic E-state index is 0.667. The highest BCUT2D eigenvalue weighted by Crippen LogP contribution is 2.27. The first-order valence-electron chi connectivity index (χ1n) is 7.30. The van der Waals surface area contributed by atoms with E-state index in [9.17, 15) is 0 Å². The van der Waals surface area contributed by atoms with E-state index < -0.39 is 0 Å². The van der Waals surface area contributed by atoms with Crippen LogP contribution in [0.4, 0.5) is 5.13 Å². The molecule has 24 heavy (non-hydrogen) atoms. The van der Waals surface area contributed by atoms with E-state index >= 15 is 0 Å². The lowest BCUT2D eigenvalue weighted by Gasteiger charge is -2.02. The third-order valence-corrected chi connectivity index (χ3v) is 4.38. The molecule has 0 aromatic carbocycles. The van der Waals surface area contributed by atoms with Crippen LogP contribution >= 0.6 is 11.3 Å². The van der Waals surface area contributed by atoms with Crippen molar-refractivity contribution in [2.24, 2.45) is 0 Å². The second kappa shape index (κ2) is 6.25. The highest BCUT2D eigenvalue weighted by molar-refractivity contribution is 7.20. The van der Waals surface area contributed by atoms with E-state index in [1.165, 1.54) is 11.3 Å². The molecule has 0 saturated heterocycles. The van der Waals surface area contributed by atoms with Gasteiger partial charge in [0, 0.05) is 30.7 Å². The largest absolute Gasteiger partial charge is 0.495 e. The maximum Gasteiger partial charge on any atom is 0.214 e. The molecule has 0 bridgehead atoms. The molecular formula is C16H14N6OS. The molecule has 0 radical (unpaired) electrons. The molecule has 0 amide bonds. The van der Waals surface area contributed by atoms with Gasteiger partial charge >= 0.3 is 0 Å². The molecule has 0 atom stereocenters. The predicted molar refractivity (Wildman–Crippen MR) is 92.2 cm³/mol. The molecule has 0 aliphatic heterocycles. The molecule has 0 aliphatic carbocycles. The minimum Gasteiger partial charge on any atom is -0.495 e. The number of methoxy groups -OCH3 is 1. The number of pyridine rings is 2. The summed E-state index contributed by atoms with van der Waals surface area (Å²) in [5.74, 6) is 0.701. The van der Waals surface area contributed by atoms with Gasteiger partial charge in [-0.2, -0.15) is 0 Å². The van der Waals surface area contributed by atoms with Crippen molar-refractivity contribution in [1.29, 1.82) is 0 Å². The zero-order valence-electron chi connectivity index (χ0n) is 12.9. The number of fused-ring (bicyclic) bond motifs is 1. The molecule has 7 nitrogen and oxygen atoms in total. The van der Waals surface area contributed by atoms with Crippen LogP contribution in [0.25, 0.3) is 16.2 Å². The smallest absolute Gasteiger partial charge is 0.214 e. The van der Waals surface area contributed by atoms with Crippen molar-refractivity contribution in [3.63, 3.8) is 0 Å². The summed E-state index contributed by atoms with van der Waals surface area (Å²) >= 11 is 1.50. The van der Waals surface area contributed by atoms with Crippen LogP contribution in [-0.4, -0.2) is 31.7 Å². The lowest BCUT2D eigenvalue weighted by molar-refractivity contribution is 0.413. The van der Waals surface area contributed by atoms with Crippen LogP contribution in [0.5, 0.6) is 5.75 Å². The van der Waals surface area contributed by atoms with Crippen molar-refractivity contribution in [3.05, 3.63) is 54.7 Å². The Morgan fingerprint density at radius 1 is 1.21 bits per heavy atom. The normalized spacial score (nSPS) is 10.9. The van der Waals surface area contributed by atoms with Crippen LogP contribution in [-0.2, 0) is 6.54 Å². The quantitative estimate of drug-likeness (QED) is 0.603. The van der Waals surface area contributed by atoms with Crippen LogP contribution in [0.3, 0.4) is 0 Å². The lowest BCUT2D eigenvalue weighted by atomic mass is 10.2. The van der Waals surface area contributed by atoms with Gasteiger partial charge in [-0.1, -0.05) is 17.4 Å². The topological polar surface area (TPSA) is 77.2 Å². The van der Waals surface area contributed by atoms with E-state index in [0.29, 0.717) is 12.3 Å². The average molecular weight is 338 g/mol. The van der Waals surface area contributed by atoms with Crippen molar-refractivity contribution in [2.45, 2.75) is 6.54 Å². The third-order valence-electron chi connectivity index (χ3n) is 3.50. The van der Waals surface area contributed by atoms with Gasteiger partial charge in [0.1, 0.15) is 5.75 Å². The molecular weight excluding hydrogens is 324 g/mol. The molecule has 1 N–H and O–H groups in total. The predicted octanol–water partition coefficient (Wildman–Crippen LogP) is 2.87. The molecule has 0 fully saturated rings. The Bertz CT molecular complexity index is 965. The number of aromatic nitrogens is 5. The summed E-state index contributed by atoms with van der Waals surface area (Å²) in [5.41, 5.74) is 2.88. The van der Waals surface area contributed by atoms with Crippen molar-refractivity contribution in [3.8, 4) is 17.0 Å². The second-order valence-corrected chi connectivity index (χ2v) is 6.03. The highest BCUT2D eigenvalue weighted by Gasteiger charge is 2.12. The van der Waals surface area contributed by atoms with Gasteiger partial charge in [-0.15, -0.1) is 5.10 Å². The van der Waals surface area contributed by atoms with E-state index in [2.05, 4.69) is 25.4 Å². The Balaban J connectivity index is 1.61. The Hall–Kier alpha value is -3.00. The van der Waals surface area contributed by atoms with Gasteiger partial charge in [-0.3, -0.25) is 9.97 Å². The van der Waals surface area contributed by atoms with Crippen molar-refractivity contribution in [1.82, 2.24) is 24.6 Å². The first-order valence-corrected chi connectivity index (χ1v) is 8.12. The molecule has 8 heteroatoms. The number of nitrogens with zero attached hydrogens (tertiary/aromatic N) is 5. The molecule has 4 aromatic rings. The van der Waals surface area contributed by atoms with Crippen LogP contribution < -0.4 is 10.1 Å². The van der Waals surface area contributed by atoms with Gasteiger partial charge in [-0.05, 0) is 17.7 Å². The number of ether oxygens (including phenoxy) is 1. The number of anilines is 1. The summed E-state index contributed by atoms with van der Waals surface area (Å²) in [6.07, 6.45) is 8.83. The van der Waals surface area contributed by atoms with E-state index in [4.69, 9.17) is 4.74 Å². The second-order valence-electron chi connectivity index (χ2n) is 5.07. The van der Waals surface area contributed by atoms with Crippen LogP contribution in [0, 0.1) is 0 Å². The fourth-order valence-electron chi connectivity index (χ4n) is 2.31. The van der Waals surface area contributed by atoms with Crippen LogP contribution in [0.1, 0.15) is 5.56 Å². The summed E-state index contributed by atoms with van der Waals surface area (Å²) in [4.78, 5) is 13.5. The van der Waals surface area contributed by atoms with Crippen LogP contribution in [0.15, 0.2) is 49.2 Å². The number of hydrogen-bond acceptors (Lipinski definition) is 7. The number of rotatable bonds is 5. The van der Waals surface area contributed by atoms with E-state index in [1.54, 1.807) is 31.9 Å². The fraction of sp³-hybridized carbons (Fsp3) is 0.125. The van der Waals surface area contributed by atoms with Gasteiger partial charge < -0.3 is 10.1 Å². The van der Waals surface area contributed by atoms with Crippen molar-refractivity contribution in [2.75, 3.05) is 12.4 Å². The average Bonchev–Trinajstić information content (AvgIpc) is 3.21. The standard InChI is InChI=1S/C16H14N6OS/c1-23-13-5-12(8-18-9-13)14-10-20-16-22(14)21-15(24-16)19-7-11-3-2-4-17-6-11/h2-6,8-10H,7H2,1H3,(H,19,21). The summed E-state index contributed by atoms with van der Waals surface area (Å²) in [5, 5.41) is 8.70. The van der Waals surface area contributed by atoms with Gasteiger partial charge in [0.15, 0.2) is 0 Å². The van der Waals surface area contributed by atoms with E-state index in [-0.39, 0.29) is 0 Å². The van der Waals surface area contributed by atoms with Gasteiger partial charge in [0.05, 0.1) is 25.2 Å². The zero-order valence-corrected chi connectivity index (χ0v) is 13.7. The lowest BCUT2D eigenvalue weighted by Crippen LogP contribution is -2.00. The Kier molecular flexibility index (Phi) is 3.80. The Labute approximate surface area is 142 Å². The molecule has 120 valence electrons. The zero-order chi connectivity index (χ0) is 16.4. The summed E-state index contributed by atoms with van der Waals surface area (Å²) in [7, 11) is 1.62. The summed E-state index contributed by atoms with van der Waals surface area (Å²) < 4.78 is 7.04. The number of imidazole rings is 1. The first-order chi connectivity index (χ1) is 11.8. The third kappa shape index (κ3) is 2.79. The summed E-state index contributed by atoms with van der Waals surface area (Å²) in [6, 6.07) is 5.85. The molecule has 4 heterocycles. The molecule has 0 aliphatic rings. The molecule has 0 unspecified atom stereocenters. The van der Waals surface area contributed by atoms with Gasteiger partial charge in [0.2, 0.25) is 10.1 Å². The number of nitrogens with one attached hydrogen (secondary N) is 1. The molecule has 4 rings (SSSR count). The maximum atomic E-state index is 5.23. The minimum atomic E-state index is 0.667. The van der Waals surface area contributed by atoms with Crippen LogP contribution in [0.2, 0.25) is 0 Å². The van der Waals surface area contributed by atoms with E-state index in [0.717, 1.165) is 26.9 Å². The van der Waals surface area contributed by atoms with Crippen molar-refractivity contribution < 1.29 is 4.74 Å². The van der Waals surface area contributed by atoms with E-state index in [1.807, 2.05) is 28.9 Å².